The molecule has 0 aliphatic heterocycles. The molecule has 1 atom stereocenters. The summed E-state index contributed by atoms with van der Waals surface area (Å²) in [4.78, 5) is 4.20. The summed E-state index contributed by atoms with van der Waals surface area (Å²) in [6, 6.07) is 17.7. The fraction of sp³-hybridized carbons (Fsp3) is 0.261. The lowest BCUT2D eigenvalue weighted by atomic mass is 10.1. The van der Waals surface area contributed by atoms with E-state index >= 15 is 0 Å². The van der Waals surface area contributed by atoms with Gasteiger partial charge in [-0.05, 0) is 42.5 Å². The van der Waals surface area contributed by atoms with Crippen molar-refractivity contribution in [3.05, 3.63) is 78.5 Å². The number of halogens is 6. The Kier molecular flexibility index (Phi) is 8.21. The number of pyridine rings is 1. The molecule has 0 radical (unpaired) electrons. The van der Waals surface area contributed by atoms with Crippen molar-refractivity contribution in [3.63, 3.8) is 0 Å². The third-order valence-electron chi connectivity index (χ3n) is 4.29. The highest BCUT2D eigenvalue weighted by Crippen LogP contribution is 2.29. The fourth-order valence-corrected chi connectivity index (χ4v) is 2.68. The van der Waals surface area contributed by atoms with Crippen LogP contribution in [-0.2, 0) is 11.3 Å². The summed E-state index contributed by atoms with van der Waals surface area (Å²) >= 11 is 0. The molecule has 0 N–H and O–H groups in total. The molecule has 34 heavy (non-hydrogen) atoms. The van der Waals surface area contributed by atoms with Crippen molar-refractivity contribution in [1.29, 1.82) is 0 Å². The van der Waals surface area contributed by atoms with Gasteiger partial charge in [0.05, 0.1) is 18.9 Å². The van der Waals surface area contributed by atoms with Crippen LogP contribution in [0.1, 0.15) is 5.69 Å². The van der Waals surface area contributed by atoms with Crippen molar-refractivity contribution in [2.75, 3.05) is 13.2 Å². The summed E-state index contributed by atoms with van der Waals surface area (Å²) < 4.78 is 96.2. The second-order valence-electron chi connectivity index (χ2n) is 6.97. The second kappa shape index (κ2) is 11.1. The van der Waals surface area contributed by atoms with Crippen molar-refractivity contribution < 1.29 is 45.3 Å². The topological polar surface area (TPSA) is 49.8 Å². The van der Waals surface area contributed by atoms with Gasteiger partial charge in [0.15, 0.2) is 0 Å². The van der Waals surface area contributed by atoms with E-state index in [9.17, 15) is 26.3 Å². The van der Waals surface area contributed by atoms with Gasteiger partial charge >= 0.3 is 12.5 Å². The van der Waals surface area contributed by atoms with E-state index in [1.54, 1.807) is 42.5 Å². The van der Waals surface area contributed by atoms with Gasteiger partial charge in [0, 0.05) is 6.07 Å². The lowest BCUT2D eigenvalue weighted by Crippen LogP contribution is -2.32. The highest BCUT2D eigenvalue weighted by Gasteiger charge is 2.40. The number of ether oxygens (including phenoxy) is 4. The van der Waals surface area contributed by atoms with Crippen LogP contribution in [0.15, 0.2) is 72.8 Å². The molecule has 3 aromatic rings. The van der Waals surface area contributed by atoms with Gasteiger partial charge in [-0.3, -0.25) is 0 Å². The van der Waals surface area contributed by atoms with Crippen LogP contribution in [0.2, 0.25) is 0 Å². The van der Waals surface area contributed by atoms with Crippen LogP contribution in [0.4, 0.5) is 26.3 Å². The molecule has 0 aliphatic carbocycles. The molecule has 0 fully saturated rings. The van der Waals surface area contributed by atoms with Crippen LogP contribution in [0, 0.1) is 5.92 Å². The molecule has 11 heteroatoms. The van der Waals surface area contributed by atoms with Crippen molar-refractivity contribution in [3.8, 4) is 23.1 Å². The fourth-order valence-electron chi connectivity index (χ4n) is 2.68. The maximum atomic E-state index is 13.4. The van der Waals surface area contributed by atoms with E-state index in [0.29, 0.717) is 11.4 Å². The van der Waals surface area contributed by atoms with Crippen molar-refractivity contribution >= 4 is 0 Å². The van der Waals surface area contributed by atoms with Gasteiger partial charge in [-0.15, -0.1) is 13.2 Å². The number of rotatable bonds is 10. The summed E-state index contributed by atoms with van der Waals surface area (Å²) in [6.07, 6.45) is -9.49. The van der Waals surface area contributed by atoms with E-state index in [4.69, 9.17) is 14.2 Å². The Morgan fingerprint density at radius 2 is 1.38 bits per heavy atom. The van der Waals surface area contributed by atoms with Crippen molar-refractivity contribution in [2.45, 2.75) is 19.1 Å². The molecule has 3 rings (SSSR count). The second-order valence-corrected chi connectivity index (χ2v) is 6.97. The third kappa shape index (κ3) is 8.47. The molecular formula is C23H19F6NO4. The predicted octanol–water partition coefficient (Wildman–Crippen LogP) is 6.55. The number of benzene rings is 2. The van der Waals surface area contributed by atoms with Crippen molar-refractivity contribution in [2.24, 2.45) is 5.92 Å². The summed E-state index contributed by atoms with van der Waals surface area (Å²) in [6.45, 7) is -1.68. The lowest BCUT2D eigenvalue weighted by Gasteiger charge is -2.21. The van der Waals surface area contributed by atoms with Gasteiger partial charge in [0.2, 0.25) is 5.88 Å². The zero-order valence-electron chi connectivity index (χ0n) is 17.5. The highest BCUT2D eigenvalue weighted by atomic mass is 19.4. The zero-order chi connectivity index (χ0) is 24.6. The monoisotopic (exact) mass is 487 g/mol. The zero-order valence-corrected chi connectivity index (χ0v) is 17.5. The Labute approximate surface area is 190 Å². The molecule has 0 aliphatic rings. The third-order valence-corrected chi connectivity index (χ3v) is 4.29. The normalized spacial score (nSPS) is 12.8. The molecule has 0 bridgehead atoms. The molecule has 0 saturated heterocycles. The summed E-state index contributed by atoms with van der Waals surface area (Å²) in [7, 11) is 0. The molecule has 5 nitrogen and oxygen atoms in total. The van der Waals surface area contributed by atoms with E-state index in [2.05, 4.69) is 9.72 Å². The molecule has 182 valence electrons. The Morgan fingerprint density at radius 1 is 0.706 bits per heavy atom. The summed E-state index contributed by atoms with van der Waals surface area (Å²) in [5, 5.41) is 0. The minimum absolute atomic E-state index is 0.0452. The molecule has 2 aromatic carbocycles. The molecule has 1 heterocycles. The van der Waals surface area contributed by atoms with Crippen molar-refractivity contribution in [1.82, 2.24) is 4.98 Å². The summed E-state index contributed by atoms with van der Waals surface area (Å²) in [5.74, 6) is -1.71. The summed E-state index contributed by atoms with van der Waals surface area (Å²) in [5.41, 5.74) is 0.371. The first-order valence-electron chi connectivity index (χ1n) is 9.90. The Hall–Kier alpha value is -3.47. The SMILES string of the molecule is FC(F)(F)Oc1ccc(OCC(COCc2cccc(Oc3ccccc3)n2)C(F)(F)F)cc1. The van der Waals surface area contributed by atoms with Crippen LogP contribution in [0.25, 0.3) is 0 Å². The maximum absolute atomic E-state index is 13.4. The van der Waals surface area contributed by atoms with Gasteiger partial charge in [-0.25, -0.2) is 4.98 Å². The molecule has 0 amide bonds. The first-order chi connectivity index (χ1) is 16.1. The smallest absolute Gasteiger partial charge is 0.493 e. The van der Waals surface area contributed by atoms with Crippen LogP contribution in [0.5, 0.6) is 23.1 Å². The quantitative estimate of drug-likeness (QED) is 0.304. The first-order valence-corrected chi connectivity index (χ1v) is 9.90. The minimum atomic E-state index is -4.87. The maximum Gasteiger partial charge on any atom is 0.573 e. The number of para-hydroxylation sites is 1. The number of hydrogen-bond donors (Lipinski definition) is 0. The number of hydrogen-bond acceptors (Lipinski definition) is 5. The van der Waals surface area contributed by atoms with Gasteiger partial charge in [-0.1, -0.05) is 24.3 Å². The highest BCUT2D eigenvalue weighted by molar-refractivity contribution is 5.31. The molecule has 0 saturated carbocycles. The number of alkyl halides is 6. The van der Waals surface area contributed by atoms with Crippen LogP contribution >= 0.6 is 0 Å². The van der Waals surface area contributed by atoms with Crippen LogP contribution in [-0.4, -0.2) is 30.7 Å². The van der Waals surface area contributed by atoms with Crippen LogP contribution in [0.3, 0.4) is 0 Å². The number of nitrogens with zero attached hydrogens (tertiary/aromatic N) is 1. The van der Waals surface area contributed by atoms with E-state index in [1.807, 2.05) is 6.07 Å². The van der Waals surface area contributed by atoms with E-state index in [-0.39, 0.29) is 18.2 Å². The van der Waals surface area contributed by atoms with E-state index < -0.39 is 37.4 Å². The average molecular weight is 487 g/mol. The number of aromatic nitrogens is 1. The first kappa shape index (κ1) is 25.2. The minimum Gasteiger partial charge on any atom is -0.493 e. The molecule has 1 aromatic heterocycles. The Balaban J connectivity index is 1.51. The average Bonchev–Trinajstić information content (AvgIpc) is 2.76. The largest absolute Gasteiger partial charge is 0.573 e. The van der Waals surface area contributed by atoms with Gasteiger partial charge in [0.25, 0.3) is 0 Å². The molecule has 1 unspecified atom stereocenters. The van der Waals surface area contributed by atoms with E-state index in [0.717, 1.165) is 24.3 Å². The standard InChI is InChI=1S/C23H19F6NO4/c24-22(25,26)16(14-32-18-9-11-20(12-10-18)34-23(27,28)29)13-31-15-17-5-4-8-21(30-17)33-19-6-2-1-3-7-19/h1-12,16H,13-15H2. The Morgan fingerprint density at radius 3 is 2.03 bits per heavy atom. The van der Waals surface area contributed by atoms with Crippen LogP contribution < -0.4 is 14.2 Å². The van der Waals surface area contributed by atoms with Gasteiger partial charge in [0.1, 0.15) is 29.8 Å². The van der Waals surface area contributed by atoms with Gasteiger partial charge in [-0.2, -0.15) is 13.2 Å². The van der Waals surface area contributed by atoms with Gasteiger partial charge < -0.3 is 18.9 Å². The Bertz CT molecular complexity index is 1030. The lowest BCUT2D eigenvalue weighted by molar-refractivity contribution is -0.274. The predicted molar refractivity (Wildman–Crippen MR) is 109 cm³/mol. The molecular weight excluding hydrogens is 468 g/mol. The van der Waals surface area contributed by atoms with E-state index in [1.165, 1.54) is 0 Å². The molecule has 0 spiro atoms.